The predicted octanol–water partition coefficient (Wildman–Crippen LogP) is 1.97. The normalized spacial score (nSPS) is 19.1. The van der Waals surface area contributed by atoms with E-state index in [4.69, 9.17) is 5.73 Å². The number of nitrogens with two attached hydrogens (primary N) is 1. The SMILES string of the molecule is CC(C)CN1C(=O)C(N)c2c(F)cc(F)cc21. The second kappa shape index (κ2) is 4.07. The standard InChI is InChI=1S/C12H14F2N2O/c1-6(2)5-16-9-4-7(13)3-8(14)10(9)11(15)12(16)17/h3-4,6,11H,5,15H2,1-2H3. The van der Waals surface area contributed by atoms with Gasteiger partial charge in [0.05, 0.1) is 5.69 Å². The van der Waals surface area contributed by atoms with Crippen LogP contribution in [0.2, 0.25) is 0 Å². The van der Waals surface area contributed by atoms with Gasteiger partial charge in [0.25, 0.3) is 0 Å². The van der Waals surface area contributed by atoms with Gasteiger partial charge in [-0.25, -0.2) is 8.78 Å². The highest BCUT2D eigenvalue weighted by Gasteiger charge is 2.37. The lowest BCUT2D eigenvalue weighted by Gasteiger charge is -2.19. The molecule has 17 heavy (non-hydrogen) atoms. The lowest BCUT2D eigenvalue weighted by atomic mass is 10.1. The number of rotatable bonds is 2. The average Bonchev–Trinajstić information content (AvgIpc) is 2.42. The van der Waals surface area contributed by atoms with Gasteiger partial charge in [-0.2, -0.15) is 0 Å². The van der Waals surface area contributed by atoms with Gasteiger partial charge >= 0.3 is 0 Å². The van der Waals surface area contributed by atoms with E-state index in [0.29, 0.717) is 6.54 Å². The molecule has 1 aliphatic rings. The maximum atomic E-state index is 13.6. The van der Waals surface area contributed by atoms with E-state index >= 15 is 0 Å². The van der Waals surface area contributed by atoms with Crippen molar-refractivity contribution in [3.63, 3.8) is 0 Å². The third-order valence-electron chi connectivity index (χ3n) is 2.75. The van der Waals surface area contributed by atoms with Crippen molar-refractivity contribution in [2.75, 3.05) is 11.4 Å². The van der Waals surface area contributed by atoms with Crippen LogP contribution in [-0.2, 0) is 4.79 Å². The molecule has 0 saturated carbocycles. The van der Waals surface area contributed by atoms with Crippen molar-refractivity contribution in [1.29, 1.82) is 0 Å². The van der Waals surface area contributed by atoms with Crippen LogP contribution in [0, 0.1) is 17.6 Å². The molecule has 0 aliphatic carbocycles. The van der Waals surface area contributed by atoms with Crippen LogP contribution in [0.25, 0.3) is 0 Å². The number of hydrogen-bond donors (Lipinski definition) is 1. The van der Waals surface area contributed by atoms with Gasteiger partial charge in [0.1, 0.15) is 17.7 Å². The number of amides is 1. The first kappa shape index (κ1) is 12.0. The van der Waals surface area contributed by atoms with Crippen LogP contribution in [0.3, 0.4) is 0 Å². The zero-order chi connectivity index (χ0) is 12.7. The first-order valence-electron chi connectivity index (χ1n) is 5.47. The number of nitrogens with zero attached hydrogens (tertiary/aromatic N) is 1. The third kappa shape index (κ3) is 1.91. The second-order valence-corrected chi connectivity index (χ2v) is 4.64. The van der Waals surface area contributed by atoms with Gasteiger partial charge in [-0.05, 0) is 12.0 Å². The topological polar surface area (TPSA) is 46.3 Å². The van der Waals surface area contributed by atoms with E-state index in [1.54, 1.807) is 0 Å². The Morgan fingerprint density at radius 1 is 1.41 bits per heavy atom. The van der Waals surface area contributed by atoms with Crippen LogP contribution in [-0.4, -0.2) is 12.5 Å². The van der Waals surface area contributed by atoms with Crippen molar-refractivity contribution in [2.24, 2.45) is 11.7 Å². The van der Waals surface area contributed by atoms with E-state index in [2.05, 4.69) is 0 Å². The van der Waals surface area contributed by atoms with Crippen molar-refractivity contribution in [1.82, 2.24) is 0 Å². The highest BCUT2D eigenvalue weighted by Crippen LogP contribution is 2.37. The van der Waals surface area contributed by atoms with Crippen molar-refractivity contribution >= 4 is 11.6 Å². The summed E-state index contributed by atoms with van der Waals surface area (Å²) in [4.78, 5) is 13.2. The van der Waals surface area contributed by atoms with Crippen molar-refractivity contribution < 1.29 is 13.6 Å². The molecule has 1 aliphatic heterocycles. The summed E-state index contributed by atoms with van der Waals surface area (Å²) >= 11 is 0. The lowest BCUT2D eigenvalue weighted by molar-refractivity contribution is -0.119. The summed E-state index contributed by atoms with van der Waals surface area (Å²) in [6, 6.07) is 0.889. The van der Waals surface area contributed by atoms with E-state index in [9.17, 15) is 13.6 Å². The average molecular weight is 240 g/mol. The van der Waals surface area contributed by atoms with E-state index in [-0.39, 0.29) is 23.1 Å². The summed E-state index contributed by atoms with van der Waals surface area (Å²) in [6.07, 6.45) is 0. The number of hydrogen-bond acceptors (Lipinski definition) is 2. The minimum atomic E-state index is -1.02. The van der Waals surface area contributed by atoms with Crippen LogP contribution < -0.4 is 10.6 Å². The molecule has 92 valence electrons. The van der Waals surface area contributed by atoms with Crippen LogP contribution >= 0.6 is 0 Å². The fourth-order valence-corrected chi connectivity index (χ4v) is 2.07. The number of carbonyl (C=O) groups excluding carboxylic acids is 1. The van der Waals surface area contributed by atoms with Gasteiger partial charge in [0.2, 0.25) is 5.91 Å². The zero-order valence-corrected chi connectivity index (χ0v) is 9.71. The summed E-state index contributed by atoms with van der Waals surface area (Å²) < 4.78 is 26.8. The molecule has 1 atom stereocenters. The highest BCUT2D eigenvalue weighted by atomic mass is 19.1. The van der Waals surface area contributed by atoms with E-state index < -0.39 is 17.7 Å². The quantitative estimate of drug-likeness (QED) is 0.859. The lowest BCUT2D eigenvalue weighted by Crippen LogP contribution is -2.34. The zero-order valence-electron chi connectivity index (χ0n) is 9.71. The van der Waals surface area contributed by atoms with Gasteiger partial charge in [-0.3, -0.25) is 4.79 Å². The Hall–Kier alpha value is -1.49. The number of fused-ring (bicyclic) bond motifs is 1. The molecule has 0 radical (unpaired) electrons. The van der Waals surface area contributed by atoms with Gasteiger partial charge < -0.3 is 10.6 Å². The Labute approximate surface area is 98.2 Å². The Morgan fingerprint density at radius 3 is 2.65 bits per heavy atom. The van der Waals surface area contributed by atoms with Crippen molar-refractivity contribution in [2.45, 2.75) is 19.9 Å². The first-order valence-corrected chi connectivity index (χ1v) is 5.47. The predicted molar refractivity (Wildman–Crippen MR) is 60.5 cm³/mol. The van der Waals surface area contributed by atoms with E-state index in [1.807, 2.05) is 13.8 Å². The molecular formula is C12H14F2N2O. The molecule has 1 aromatic rings. The Kier molecular flexibility index (Phi) is 2.87. The van der Waals surface area contributed by atoms with Crippen LogP contribution in [0.15, 0.2) is 12.1 Å². The van der Waals surface area contributed by atoms with Gasteiger partial charge in [0.15, 0.2) is 0 Å². The first-order chi connectivity index (χ1) is 7.91. The highest BCUT2D eigenvalue weighted by molar-refractivity contribution is 6.04. The van der Waals surface area contributed by atoms with Crippen molar-refractivity contribution in [3.05, 3.63) is 29.3 Å². The number of benzene rings is 1. The second-order valence-electron chi connectivity index (χ2n) is 4.64. The minimum absolute atomic E-state index is 0.0945. The third-order valence-corrected chi connectivity index (χ3v) is 2.75. The molecule has 1 unspecified atom stereocenters. The minimum Gasteiger partial charge on any atom is -0.316 e. The summed E-state index contributed by atoms with van der Waals surface area (Å²) in [6.45, 7) is 4.25. The molecule has 1 heterocycles. The molecule has 2 N–H and O–H groups in total. The Bertz CT molecular complexity index is 474. The monoisotopic (exact) mass is 240 g/mol. The van der Waals surface area contributed by atoms with Gasteiger partial charge in [0, 0.05) is 18.2 Å². The molecule has 2 rings (SSSR count). The smallest absolute Gasteiger partial charge is 0.248 e. The molecule has 3 nitrogen and oxygen atoms in total. The van der Waals surface area contributed by atoms with Gasteiger partial charge in [-0.1, -0.05) is 13.8 Å². The van der Waals surface area contributed by atoms with Crippen molar-refractivity contribution in [3.8, 4) is 0 Å². The fourth-order valence-electron chi connectivity index (χ4n) is 2.07. The maximum absolute atomic E-state index is 13.6. The molecule has 1 amide bonds. The number of halogens is 2. The molecule has 0 spiro atoms. The molecular weight excluding hydrogens is 226 g/mol. The summed E-state index contributed by atoms with van der Waals surface area (Å²) in [7, 11) is 0. The molecule has 5 heteroatoms. The van der Waals surface area contributed by atoms with E-state index in [1.165, 1.54) is 4.90 Å². The van der Waals surface area contributed by atoms with Crippen LogP contribution in [0.5, 0.6) is 0 Å². The largest absolute Gasteiger partial charge is 0.316 e. The summed E-state index contributed by atoms with van der Waals surface area (Å²) in [5.74, 6) is -1.63. The molecule has 0 aromatic heterocycles. The number of carbonyl (C=O) groups is 1. The Balaban J connectivity index is 2.52. The van der Waals surface area contributed by atoms with Crippen LogP contribution in [0.1, 0.15) is 25.5 Å². The molecule has 0 bridgehead atoms. The molecule has 0 fully saturated rings. The maximum Gasteiger partial charge on any atom is 0.248 e. The molecule has 0 saturated heterocycles. The summed E-state index contributed by atoms with van der Waals surface area (Å²) in [5.41, 5.74) is 6.01. The fraction of sp³-hybridized carbons (Fsp3) is 0.417. The molecule has 1 aromatic carbocycles. The summed E-state index contributed by atoms with van der Waals surface area (Å²) in [5, 5.41) is 0. The van der Waals surface area contributed by atoms with E-state index in [0.717, 1.165) is 12.1 Å². The Morgan fingerprint density at radius 2 is 2.06 bits per heavy atom. The van der Waals surface area contributed by atoms with Gasteiger partial charge in [-0.15, -0.1) is 0 Å². The number of anilines is 1. The van der Waals surface area contributed by atoms with Crippen LogP contribution in [0.4, 0.5) is 14.5 Å².